The van der Waals surface area contributed by atoms with Crippen LogP contribution in [0.4, 0.5) is 0 Å². The summed E-state index contributed by atoms with van der Waals surface area (Å²) in [7, 11) is 0. The van der Waals surface area contributed by atoms with Crippen molar-refractivity contribution < 1.29 is 0 Å². The van der Waals surface area contributed by atoms with Gasteiger partial charge in [0.2, 0.25) is 0 Å². The minimum absolute atomic E-state index is 0.160. The maximum Gasteiger partial charge on any atom is 0.0222 e. The number of hydrogen-bond donors (Lipinski definition) is 0. The van der Waals surface area contributed by atoms with E-state index in [1.54, 1.807) is 157 Å². The molecule has 0 N–H and O–H groups in total. The lowest BCUT2D eigenvalue weighted by atomic mass is 9.56. The van der Waals surface area contributed by atoms with Crippen LogP contribution in [0.1, 0.15) is 76.1 Å². The second-order valence-electron chi connectivity index (χ2n) is 16.0. The first-order chi connectivity index (χ1) is 21.3. The van der Waals surface area contributed by atoms with Crippen LogP contribution < -0.4 is 5.22 Å². The second kappa shape index (κ2) is 4.69. The third-order valence-corrected chi connectivity index (χ3v) is 15.0. The van der Waals surface area contributed by atoms with E-state index in [1.807, 2.05) is 0 Å². The molecule has 2 unspecified atom stereocenters. The van der Waals surface area contributed by atoms with Crippen LogP contribution in [-0.4, -0.2) is 0 Å². The average molecular weight is 537 g/mol. The lowest BCUT2D eigenvalue weighted by Gasteiger charge is -2.46. The molecule has 0 heterocycles. The highest BCUT2D eigenvalue weighted by Crippen LogP contribution is 2.70. The van der Waals surface area contributed by atoms with E-state index in [1.165, 1.54) is 25.7 Å². The van der Waals surface area contributed by atoms with E-state index in [9.17, 15) is 0 Å². The van der Waals surface area contributed by atoms with Gasteiger partial charge in [-0.1, -0.05) is 43.2 Å². The smallest absolute Gasteiger partial charge is 0.0222 e. The molecule has 11 aromatic carbocycles. The van der Waals surface area contributed by atoms with Crippen molar-refractivity contribution >= 4 is 114 Å². The van der Waals surface area contributed by atoms with E-state index >= 15 is 0 Å². The van der Waals surface area contributed by atoms with Gasteiger partial charge in [-0.15, -0.1) is 0 Å². The Hall–Kier alpha value is -4.42. The zero-order valence-corrected chi connectivity index (χ0v) is 23.4. The maximum atomic E-state index is 2.87. The molecule has 1 spiro atoms. The van der Waals surface area contributed by atoms with Gasteiger partial charge in [-0.05, 0) is 195 Å². The summed E-state index contributed by atoms with van der Waals surface area (Å²) >= 11 is 0. The number of benzene rings is 6. The van der Waals surface area contributed by atoms with Crippen LogP contribution in [-0.2, 0) is 24.7 Å². The summed E-state index contributed by atoms with van der Waals surface area (Å²) in [5.74, 6) is 0.625. The summed E-state index contributed by atoms with van der Waals surface area (Å²) in [6.07, 6.45) is 11.6. The number of fused-ring (bicyclic) bond motifs is 1. The summed E-state index contributed by atoms with van der Waals surface area (Å²) in [5, 5.41) is 34.9. The fourth-order valence-corrected chi connectivity index (χ4v) is 14.3. The van der Waals surface area contributed by atoms with Gasteiger partial charge in [-0.3, -0.25) is 0 Å². The van der Waals surface area contributed by atoms with Crippen LogP contribution in [0, 0.1) is 0 Å². The molecule has 0 radical (unpaired) electrons. The topological polar surface area (TPSA) is 0 Å². The van der Waals surface area contributed by atoms with Gasteiger partial charge in [0.1, 0.15) is 0 Å². The fraction of sp³-hybridized carbons (Fsp3) is 0.209. The van der Waals surface area contributed by atoms with E-state index < -0.39 is 0 Å². The highest BCUT2D eigenvalue weighted by Gasteiger charge is 2.52. The minimum Gasteiger partial charge on any atom is -0.0653 e. The molecule has 0 amide bonds. The summed E-state index contributed by atoms with van der Waals surface area (Å²) in [6, 6.07) is 10.8. The summed E-state index contributed by atoms with van der Waals surface area (Å²) < 4.78 is 0. The summed E-state index contributed by atoms with van der Waals surface area (Å²) in [6.45, 7) is 0. The predicted molar refractivity (Wildman–Crippen MR) is 180 cm³/mol. The quantitative estimate of drug-likeness (QED) is 0.169. The zero-order chi connectivity index (χ0) is 26.3. The van der Waals surface area contributed by atoms with Crippen LogP contribution in [0.2, 0.25) is 0 Å². The first-order valence-corrected chi connectivity index (χ1v) is 16.8. The van der Waals surface area contributed by atoms with Gasteiger partial charge < -0.3 is 0 Å². The van der Waals surface area contributed by atoms with Crippen molar-refractivity contribution in [2.45, 2.75) is 56.3 Å². The molecule has 0 bridgehead atoms. The van der Waals surface area contributed by atoms with Crippen molar-refractivity contribution in [1.82, 2.24) is 0 Å². The van der Waals surface area contributed by atoms with Gasteiger partial charge in [-0.2, -0.15) is 0 Å². The lowest BCUT2D eigenvalue weighted by Crippen LogP contribution is -2.38. The molecule has 1 saturated carbocycles. The molecule has 0 saturated heterocycles. The first kappa shape index (κ1) is 18.3. The predicted octanol–water partition coefficient (Wildman–Crippen LogP) is 9.98. The summed E-state index contributed by atoms with van der Waals surface area (Å²) in [5.41, 5.74) is 13.4. The molecule has 1 fully saturated rings. The third-order valence-electron chi connectivity index (χ3n) is 15.0. The van der Waals surface area contributed by atoms with Crippen molar-refractivity contribution in [2.75, 3.05) is 0 Å². The van der Waals surface area contributed by atoms with E-state index in [0.717, 1.165) is 19.3 Å². The van der Waals surface area contributed by atoms with Gasteiger partial charge in [0.25, 0.3) is 0 Å². The molecule has 192 valence electrons. The van der Waals surface area contributed by atoms with Gasteiger partial charge in [0, 0.05) is 5.41 Å². The Labute approximate surface area is 243 Å². The van der Waals surface area contributed by atoms with Crippen molar-refractivity contribution in [3.8, 4) is 0 Å². The largest absolute Gasteiger partial charge is 0.0653 e. The minimum atomic E-state index is 0.160. The molecule has 0 nitrogen and oxygen atoms in total. The monoisotopic (exact) mass is 536 g/mol. The average Bonchev–Trinajstić information content (AvgIpc) is 3.83. The van der Waals surface area contributed by atoms with Gasteiger partial charge in [0.05, 0.1) is 0 Å². The highest BCUT2D eigenvalue weighted by atomic mass is 14.5. The number of rotatable bonds is 0. The normalized spacial score (nSPS) is 24.1. The molecule has 43 heavy (non-hydrogen) atoms. The van der Waals surface area contributed by atoms with E-state index in [0.29, 0.717) is 5.92 Å². The van der Waals surface area contributed by atoms with Crippen molar-refractivity contribution in [2.24, 2.45) is 0 Å². The Balaban J connectivity index is 1.43. The third kappa shape index (κ3) is 1.28. The van der Waals surface area contributed by atoms with Crippen LogP contribution in [0.25, 0.3) is 114 Å². The second-order valence-corrected chi connectivity index (χ2v) is 16.0. The van der Waals surface area contributed by atoms with Crippen molar-refractivity contribution in [3.05, 3.63) is 74.0 Å². The number of hydrogen-bond acceptors (Lipinski definition) is 0. The van der Waals surface area contributed by atoms with Gasteiger partial charge in [0.15, 0.2) is 0 Å². The van der Waals surface area contributed by atoms with E-state index in [2.05, 4.69) is 30.3 Å². The SMILES string of the molecule is C1=c2cc3c4c2c2c5c6c7c(cc8c7c7c9c(cc%10c%11c%12c(cc(c%13c4c4c2c6c7c(c%119)c4c%12%13)C3)C%10)C8)C2CCCCC152. The van der Waals surface area contributed by atoms with E-state index in [-0.39, 0.29) is 5.41 Å². The first-order valence-electron chi connectivity index (χ1n) is 16.8. The molecule has 0 heteroatoms. The Kier molecular flexibility index (Phi) is 1.99. The Morgan fingerprint density at radius 3 is 1.53 bits per heavy atom. The maximum absolute atomic E-state index is 2.87. The van der Waals surface area contributed by atoms with E-state index in [4.69, 9.17) is 0 Å². The molecule has 11 aromatic rings. The molecular weight excluding hydrogens is 516 g/mol. The van der Waals surface area contributed by atoms with Crippen molar-refractivity contribution in [3.63, 3.8) is 0 Å². The standard InChI is InChI=1S/C43H20/c1-2-4-43-12-19-10-17-8-15-6-13-5-14-7-16-9-18-11-20(21(43)3-1)29-25(18)33-27(16)31-23(14)22(13)30-26(15)32-24(17)28(19)40-38-36(32)34(30)35(31)37(33)39(38)41(29)42(40)43/h6-7,10-12,21H,1-5,8-9H2. The molecule has 0 aliphatic heterocycles. The van der Waals surface area contributed by atoms with Crippen LogP contribution in [0.15, 0.2) is 24.3 Å². The molecule has 6 aliphatic rings. The van der Waals surface area contributed by atoms with Crippen LogP contribution in [0.3, 0.4) is 0 Å². The van der Waals surface area contributed by atoms with Crippen molar-refractivity contribution in [1.29, 1.82) is 0 Å². The summed E-state index contributed by atoms with van der Waals surface area (Å²) in [4.78, 5) is 0. The Bertz CT molecular complexity index is 3400. The zero-order valence-electron chi connectivity index (χ0n) is 23.4. The molecule has 17 rings (SSSR count). The Morgan fingerprint density at radius 1 is 0.419 bits per heavy atom. The molecule has 2 atom stereocenters. The fourth-order valence-electron chi connectivity index (χ4n) is 14.3. The molecule has 0 aromatic heterocycles. The van der Waals surface area contributed by atoms with Gasteiger partial charge in [-0.25, -0.2) is 0 Å². The highest BCUT2D eigenvalue weighted by molar-refractivity contribution is 6.63. The lowest BCUT2D eigenvalue weighted by molar-refractivity contribution is 0.325. The molecular formula is C43H20. The molecule has 6 aliphatic carbocycles. The Morgan fingerprint density at radius 2 is 0.884 bits per heavy atom. The van der Waals surface area contributed by atoms with Crippen LogP contribution in [0.5, 0.6) is 0 Å². The van der Waals surface area contributed by atoms with Crippen LogP contribution >= 0.6 is 0 Å². The van der Waals surface area contributed by atoms with Gasteiger partial charge >= 0.3 is 0 Å².